The molecule has 156 valence electrons. The molecule has 1 fully saturated rings. The zero-order chi connectivity index (χ0) is 20.1. The van der Waals surface area contributed by atoms with E-state index in [1.807, 2.05) is 0 Å². The summed E-state index contributed by atoms with van der Waals surface area (Å²) in [5, 5.41) is 0. The van der Waals surface area contributed by atoms with Crippen LogP contribution >= 0.6 is 0 Å². The lowest BCUT2D eigenvalue weighted by Crippen LogP contribution is -2.36. The molecule has 0 saturated heterocycles. The van der Waals surface area contributed by atoms with Gasteiger partial charge in [-0.1, -0.05) is 53.5 Å². The Morgan fingerprint density at radius 2 is 1.71 bits per heavy atom. The van der Waals surface area contributed by atoms with Gasteiger partial charge in [-0.05, 0) is 121 Å². The monoisotopic (exact) mass is 380 g/mol. The Hall–Kier alpha value is -0.780. The van der Waals surface area contributed by atoms with E-state index in [4.69, 9.17) is 0 Å². The molecule has 3 aliphatic carbocycles. The molecule has 0 spiro atoms. The molecular formula is C28H44. The van der Waals surface area contributed by atoms with Gasteiger partial charge in [-0.25, -0.2) is 0 Å². The topological polar surface area (TPSA) is 0 Å². The van der Waals surface area contributed by atoms with E-state index in [1.165, 1.54) is 64.2 Å². The van der Waals surface area contributed by atoms with E-state index in [0.717, 1.165) is 29.6 Å². The summed E-state index contributed by atoms with van der Waals surface area (Å²) in [5.41, 5.74) is 9.25. The molecule has 0 aliphatic heterocycles. The molecule has 4 rings (SSSR count). The lowest BCUT2D eigenvalue weighted by atomic mass is 9.59. The highest BCUT2D eigenvalue weighted by Crippen LogP contribution is 2.61. The molecule has 0 aromatic heterocycles. The third kappa shape index (κ3) is 3.37. The summed E-state index contributed by atoms with van der Waals surface area (Å²) < 4.78 is 0. The summed E-state index contributed by atoms with van der Waals surface area (Å²) in [6.45, 7) is 15.0. The maximum Gasteiger partial charge on any atom is -0.0102 e. The molecule has 0 heterocycles. The smallest absolute Gasteiger partial charge is 0.0102 e. The van der Waals surface area contributed by atoms with Gasteiger partial charge in [0.25, 0.3) is 0 Å². The fourth-order valence-corrected chi connectivity index (χ4v) is 7.36. The molecule has 5 atom stereocenters. The van der Waals surface area contributed by atoms with E-state index < -0.39 is 0 Å². The second kappa shape index (κ2) is 7.81. The quantitative estimate of drug-likeness (QED) is 0.485. The van der Waals surface area contributed by atoms with Gasteiger partial charge in [0.15, 0.2) is 0 Å². The highest BCUT2D eigenvalue weighted by molar-refractivity contribution is 5.50. The van der Waals surface area contributed by atoms with E-state index in [1.54, 1.807) is 27.8 Å². The van der Waals surface area contributed by atoms with Gasteiger partial charge in [-0.2, -0.15) is 0 Å². The van der Waals surface area contributed by atoms with E-state index in [2.05, 4.69) is 47.6 Å². The molecule has 0 nitrogen and oxygen atoms in total. The van der Waals surface area contributed by atoms with Gasteiger partial charge < -0.3 is 0 Å². The van der Waals surface area contributed by atoms with Gasteiger partial charge in [-0.15, -0.1) is 0 Å². The fraction of sp³-hybridized carbons (Fsp3) is 0.786. The summed E-state index contributed by atoms with van der Waals surface area (Å²) in [6.07, 6.45) is 14.0. The maximum atomic E-state index is 2.70. The summed E-state index contributed by atoms with van der Waals surface area (Å²) in [7, 11) is 0. The van der Waals surface area contributed by atoms with Gasteiger partial charge >= 0.3 is 0 Å². The Bertz CT molecular complexity index is 711. The SMILES string of the molecule is Cc1c2c(cc3c1CC[C@@]1(C)[C@@H]([C@@H](C)CC[C@@H](C)C(C)C)CC[C@@H]31)CCCC2. The average molecular weight is 381 g/mol. The van der Waals surface area contributed by atoms with Crippen LogP contribution in [0, 0.1) is 36.0 Å². The molecule has 0 heteroatoms. The molecular weight excluding hydrogens is 336 g/mol. The Morgan fingerprint density at radius 1 is 0.964 bits per heavy atom. The summed E-state index contributed by atoms with van der Waals surface area (Å²) in [4.78, 5) is 0. The lowest BCUT2D eigenvalue weighted by molar-refractivity contribution is 0.115. The predicted molar refractivity (Wildman–Crippen MR) is 122 cm³/mol. The second-order valence-corrected chi connectivity index (χ2v) is 11.4. The minimum atomic E-state index is 0.544. The van der Waals surface area contributed by atoms with Crippen LogP contribution in [0.5, 0.6) is 0 Å². The molecule has 0 radical (unpaired) electrons. The molecule has 3 aliphatic rings. The third-order valence-corrected chi connectivity index (χ3v) is 9.69. The Kier molecular flexibility index (Phi) is 5.71. The lowest BCUT2D eigenvalue weighted by Gasteiger charge is -2.45. The van der Waals surface area contributed by atoms with Crippen LogP contribution in [-0.2, 0) is 19.3 Å². The summed E-state index contributed by atoms with van der Waals surface area (Å²) in [5.74, 6) is 4.35. The molecule has 0 amide bonds. The first-order valence-electron chi connectivity index (χ1n) is 12.5. The van der Waals surface area contributed by atoms with Gasteiger partial charge in [0, 0.05) is 0 Å². The van der Waals surface area contributed by atoms with Gasteiger partial charge in [0.05, 0.1) is 0 Å². The average Bonchev–Trinajstić information content (AvgIpc) is 3.03. The van der Waals surface area contributed by atoms with Crippen LogP contribution < -0.4 is 0 Å². The Labute approximate surface area is 174 Å². The Morgan fingerprint density at radius 3 is 2.46 bits per heavy atom. The minimum Gasteiger partial charge on any atom is -0.0625 e. The van der Waals surface area contributed by atoms with E-state index >= 15 is 0 Å². The van der Waals surface area contributed by atoms with Crippen molar-refractivity contribution in [3.63, 3.8) is 0 Å². The van der Waals surface area contributed by atoms with Crippen molar-refractivity contribution < 1.29 is 0 Å². The number of hydrogen-bond donors (Lipinski definition) is 0. The van der Waals surface area contributed by atoms with Gasteiger partial charge in [0.1, 0.15) is 0 Å². The van der Waals surface area contributed by atoms with E-state index in [9.17, 15) is 0 Å². The molecule has 0 N–H and O–H groups in total. The first-order valence-corrected chi connectivity index (χ1v) is 12.5. The molecule has 1 saturated carbocycles. The van der Waals surface area contributed by atoms with Crippen molar-refractivity contribution in [3.05, 3.63) is 33.9 Å². The molecule has 1 aromatic carbocycles. The van der Waals surface area contributed by atoms with Crippen molar-refractivity contribution in [3.8, 4) is 0 Å². The van der Waals surface area contributed by atoms with Crippen LogP contribution in [-0.4, -0.2) is 0 Å². The molecule has 28 heavy (non-hydrogen) atoms. The second-order valence-electron chi connectivity index (χ2n) is 11.4. The summed E-state index contributed by atoms with van der Waals surface area (Å²) in [6, 6.07) is 2.70. The zero-order valence-electron chi connectivity index (χ0n) is 19.5. The number of rotatable bonds is 5. The van der Waals surface area contributed by atoms with Crippen molar-refractivity contribution >= 4 is 0 Å². The largest absolute Gasteiger partial charge is 0.0625 e. The highest BCUT2D eigenvalue weighted by atomic mass is 14.6. The van der Waals surface area contributed by atoms with Crippen molar-refractivity contribution in [2.24, 2.45) is 29.1 Å². The predicted octanol–water partition coefficient (Wildman–Crippen LogP) is 8.03. The van der Waals surface area contributed by atoms with Crippen molar-refractivity contribution in [2.75, 3.05) is 0 Å². The number of fused-ring (bicyclic) bond motifs is 4. The van der Waals surface area contributed by atoms with Crippen LogP contribution in [0.2, 0.25) is 0 Å². The fourth-order valence-electron chi connectivity index (χ4n) is 7.36. The first kappa shape index (κ1) is 20.5. The van der Waals surface area contributed by atoms with Crippen molar-refractivity contribution in [1.29, 1.82) is 0 Å². The van der Waals surface area contributed by atoms with Gasteiger partial charge in [0.2, 0.25) is 0 Å². The van der Waals surface area contributed by atoms with Gasteiger partial charge in [-0.3, -0.25) is 0 Å². The third-order valence-electron chi connectivity index (χ3n) is 9.69. The van der Waals surface area contributed by atoms with Crippen LogP contribution in [0.25, 0.3) is 0 Å². The standard InChI is InChI=1S/C28H44/c1-18(2)19(3)11-12-20(4)26-13-14-27-25-17-22-9-7-8-10-23(22)21(5)24(25)15-16-28(26,27)6/h17-20,26-27H,7-16H2,1-6H3/t19-,20+,26-,27+,28+/m1/s1. The minimum absolute atomic E-state index is 0.544. The molecule has 0 bridgehead atoms. The normalized spacial score (nSPS) is 31.2. The van der Waals surface area contributed by atoms with Crippen LogP contribution in [0.1, 0.15) is 113 Å². The zero-order valence-corrected chi connectivity index (χ0v) is 19.5. The number of hydrogen-bond acceptors (Lipinski definition) is 0. The van der Waals surface area contributed by atoms with Crippen LogP contribution in [0.4, 0.5) is 0 Å². The van der Waals surface area contributed by atoms with E-state index in [-0.39, 0.29) is 0 Å². The number of aryl methyl sites for hydroxylation is 1. The molecule has 1 aromatic rings. The Balaban J connectivity index is 1.57. The first-order chi connectivity index (χ1) is 13.3. The summed E-state index contributed by atoms with van der Waals surface area (Å²) >= 11 is 0. The molecule has 0 unspecified atom stereocenters. The van der Waals surface area contributed by atoms with Crippen LogP contribution in [0.15, 0.2) is 6.07 Å². The van der Waals surface area contributed by atoms with E-state index in [0.29, 0.717) is 5.41 Å². The van der Waals surface area contributed by atoms with Crippen molar-refractivity contribution in [1.82, 2.24) is 0 Å². The maximum absolute atomic E-state index is 2.70. The number of benzene rings is 1. The van der Waals surface area contributed by atoms with Crippen LogP contribution in [0.3, 0.4) is 0 Å². The highest BCUT2D eigenvalue weighted by Gasteiger charge is 2.51. The van der Waals surface area contributed by atoms with Crippen molar-refractivity contribution in [2.45, 2.75) is 112 Å².